The molecule has 0 aromatic heterocycles. The second-order valence-electron chi connectivity index (χ2n) is 7.51. The Balaban J connectivity index is 1.56. The van der Waals surface area contributed by atoms with Crippen LogP contribution in [-0.2, 0) is 0 Å². The lowest BCUT2D eigenvalue weighted by atomic mass is 9.97. The van der Waals surface area contributed by atoms with Crippen molar-refractivity contribution in [2.45, 2.75) is 50.7 Å². The highest BCUT2D eigenvalue weighted by atomic mass is 16.2. The number of hydrogen-bond acceptors (Lipinski definition) is 3. The predicted molar refractivity (Wildman–Crippen MR) is 97.0 cm³/mol. The van der Waals surface area contributed by atoms with E-state index in [0.717, 1.165) is 24.1 Å². The first-order valence-corrected chi connectivity index (χ1v) is 9.23. The van der Waals surface area contributed by atoms with Crippen molar-refractivity contribution >= 4 is 17.6 Å². The van der Waals surface area contributed by atoms with Crippen molar-refractivity contribution in [3.05, 3.63) is 29.3 Å². The second kappa shape index (κ2) is 6.33. The van der Waals surface area contributed by atoms with Crippen LogP contribution in [-0.4, -0.2) is 55.1 Å². The van der Waals surface area contributed by atoms with Gasteiger partial charge >= 0.3 is 6.03 Å². The lowest BCUT2D eigenvalue weighted by Gasteiger charge is -2.36. The van der Waals surface area contributed by atoms with Crippen molar-refractivity contribution in [3.8, 4) is 0 Å². The number of benzene rings is 1. The van der Waals surface area contributed by atoms with Crippen molar-refractivity contribution in [1.29, 1.82) is 0 Å². The maximum absolute atomic E-state index is 13.1. The fraction of sp³-hybridized carbons (Fsp3) is 0.579. The minimum atomic E-state index is -0.0871. The zero-order valence-corrected chi connectivity index (χ0v) is 14.9. The molecule has 0 spiro atoms. The third-order valence-corrected chi connectivity index (χ3v) is 6.00. The van der Waals surface area contributed by atoms with Gasteiger partial charge in [0.1, 0.15) is 0 Å². The zero-order valence-electron chi connectivity index (χ0n) is 14.9. The smallest absolute Gasteiger partial charge is 0.322 e. The van der Waals surface area contributed by atoms with E-state index in [1.54, 1.807) is 4.90 Å². The molecule has 3 aliphatic heterocycles. The van der Waals surface area contributed by atoms with Gasteiger partial charge in [-0.3, -0.25) is 9.69 Å². The van der Waals surface area contributed by atoms with E-state index in [9.17, 15) is 9.59 Å². The number of anilines is 1. The monoisotopic (exact) mass is 342 g/mol. The summed E-state index contributed by atoms with van der Waals surface area (Å²) in [5.41, 5.74) is 2.42. The van der Waals surface area contributed by atoms with Crippen LogP contribution in [0.3, 0.4) is 0 Å². The standard InChI is InChI=1S/C19H26N4O2/c1-12-16(4-3-5-17(12)23-9-8-20-19(23)25)18(24)22(2)15-10-13-6-7-14(11-15)21-13/h3-5,13-15,21H,6-11H2,1-2H3,(H,20,25). The van der Waals surface area contributed by atoms with E-state index in [4.69, 9.17) is 0 Å². The Labute approximate surface area is 148 Å². The molecule has 3 amide bonds. The Kier molecular flexibility index (Phi) is 4.15. The Hall–Kier alpha value is -2.08. The number of carbonyl (C=O) groups excluding carboxylic acids is 2. The fourth-order valence-corrected chi connectivity index (χ4v) is 4.55. The van der Waals surface area contributed by atoms with Crippen molar-refractivity contribution in [3.63, 3.8) is 0 Å². The molecule has 4 rings (SSSR count). The van der Waals surface area contributed by atoms with Gasteiger partial charge in [0.15, 0.2) is 0 Å². The summed E-state index contributed by atoms with van der Waals surface area (Å²) >= 11 is 0. The third kappa shape index (κ3) is 2.88. The molecular weight excluding hydrogens is 316 g/mol. The number of fused-ring (bicyclic) bond motifs is 2. The summed E-state index contributed by atoms with van der Waals surface area (Å²) < 4.78 is 0. The maximum atomic E-state index is 13.1. The van der Waals surface area contributed by atoms with Crippen LogP contribution >= 0.6 is 0 Å². The lowest BCUT2D eigenvalue weighted by molar-refractivity contribution is 0.0681. The quantitative estimate of drug-likeness (QED) is 0.881. The van der Waals surface area contributed by atoms with Crippen LogP contribution in [0.25, 0.3) is 0 Å². The van der Waals surface area contributed by atoms with Crippen molar-refractivity contribution in [2.75, 3.05) is 25.0 Å². The number of rotatable bonds is 3. The van der Waals surface area contributed by atoms with Gasteiger partial charge in [0.2, 0.25) is 0 Å². The predicted octanol–water partition coefficient (Wildman–Crippen LogP) is 1.88. The van der Waals surface area contributed by atoms with Gasteiger partial charge in [-0.25, -0.2) is 4.79 Å². The van der Waals surface area contributed by atoms with Gasteiger partial charge in [-0.15, -0.1) is 0 Å². The van der Waals surface area contributed by atoms with E-state index >= 15 is 0 Å². The third-order valence-electron chi connectivity index (χ3n) is 6.00. The minimum absolute atomic E-state index is 0.0604. The average molecular weight is 342 g/mol. The summed E-state index contributed by atoms with van der Waals surface area (Å²) in [7, 11) is 1.92. The molecule has 134 valence electrons. The van der Waals surface area contributed by atoms with E-state index < -0.39 is 0 Å². The summed E-state index contributed by atoms with van der Waals surface area (Å²) in [4.78, 5) is 28.8. The molecule has 2 unspecified atom stereocenters. The van der Waals surface area contributed by atoms with Gasteiger partial charge in [0.25, 0.3) is 5.91 Å². The first-order valence-electron chi connectivity index (χ1n) is 9.23. The maximum Gasteiger partial charge on any atom is 0.322 e. The van der Waals surface area contributed by atoms with Crippen LogP contribution in [0.5, 0.6) is 0 Å². The molecule has 0 saturated carbocycles. The van der Waals surface area contributed by atoms with Crippen LogP contribution in [0, 0.1) is 6.92 Å². The largest absolute Gasteiger partial charge is 0.339 e. The lowest BCUT2D eigenvalue weighted by Crippen LogP contribution is -2.48. The topological polar surface area (TPSA) is 64.7 Å². The minimum Gasteiger partial charge on any atom is -0.339 e. The highest BCUT2D eigenvalue weighted by Crippen LogP contribution is 2.31. The van der Waals surface area contributed by atoms with Gasteiger partial charge < -0.3 is 15.5 Å². The summed E-state index contributed by atoms with van der Waals surface area (Å²) in [6.45, 7) is 3.23. The van der Waals surface area contributed by atoms with Crippen LogP contribution in [0.15, 0.2) is 18.2 Å². The SMILES string of the molecule is Cc1c(C(=O)N(C)C2CC3CCC(C2)N3)cccc1N1CCNC1=O. The number of urea groups is 1. The summed E-state index contributed by atoms with van der Waals surface area (Å²) in [6.07, 6.45) is 4.52. The normalized spacial score (nSPS) is 28.2. The van der Waals surface area contributed by atoms with Gasteiger partial charge in [-0.05, 0) is 50.3 Å². The number of amides is 3. The van der Waals surface area contributed by atoms with Crippen LogP contribution < -0.4 is 15.5 Å². The molecule has 1 aromatic rings. The molecule has 3 saturated heterocycles. The molecular formula is C19H26N4O2. The Morgan fingerprint density at radius 2 is 1.96 bits per heavy atom. The molecule has 3 fully saturated rings. The van der Waals surface area contributed by atoms with Gasteiger partial charge in [-0.2, -0.15) is 0 Å². The molecule has 0 radical (unpaired) electrons. The Morgan fingerprint density at radius 3 is 2.60 bits per heavy atom. The van der Waals surface area contributed by atoms with Gasteiger partial charge in [0, 0.05) is 49.5 Å². The number of nitrogens with zero attached hydrogens (tertiary/aromatic N) is 2. The highest BCUT2D eigenvalue weighted by molar-refractivity contribution is 6.00. The molecule has 25 heavy (non-hydrogen) atoms. The highest BCUT2D eigenvalue weighted by Gasteiger charge is 2.37. The molecule has 3 heterocycles. The van der Waals surface area contributed by atoms with E-state index in [2.05, 4.69) is 10.6 Å². The first-order chi connectivity index (χ1) is 12.0. The first kappa shape index (κ1) is 16.4. The van der Waals surface area contributed by atoms with Crippen LogP contribution in [0.2, 0.25) is 0 Å². The fourth-order valence-electron chi connectivity index (χ4n) is 4.55. The van der Waals surface area contributed by atoms with E-state index in [1.165, 1.54) is 12.8 Å². The Morgan fingerprint density at radius 1 is 1.24 bits per heavy atom. The summed E-state index contributed by atoms with van der Waals surface area (Å²) in [6, 6.07) is 6.99. The van der Waals surface area contributed by atoms with Crippen LogP contribution in [0.1, 0.15) is 41.6 Å². The number of hydrogen-bond donors (Lipinski definition) is 2. The zero-order chi connectivity index (χ0) is 17.6. The molecule has 0 aliphatic carbocycles. The van der Waals surface area contributed by atoms with Crippen LogP contribution in [0.4, 0.5) is 10.5 Å². The molecule has 6 nitrogen and oxygen atoms in total. The summed E-state index contributed by atoms with van der Waals surface area (Å²) in [5, 5.41) is 6.45. The molecule has 2 N–H and O–H groups in total. The average Bonchev–Trinajstić information content (AvgIpc) is 3.18. The second-order valence-corrected chi connectivity index (χ2v) is 7.51. The summed E-state index contributed by atoms with van der Waals surface area (Å²) in [5.74, 6) is 0.0604. The van der Waals surface area contributed by atoms with E-state index in [-0.39, 0.29) is 11.9 Å². The van der Waals surface area contributed by atoms with Crippen molar-refractivity contribution in [1.82, 2.24) is 15.5 Å². The molecule has 2 atom stereocenters. The molecule has 6 heteroatoms. The number of piperidine rings is 1. The molecule has 2 bridgehead atoms. The number of nitrogens with one attached hydrogen (secondary N) is 2. The molecule has 1 aromatic carbocycles. The van der Waals surface area contributed by atoms with E-state index in [1.807, 2.05) is 37.1 Å². The molecule has 3 aliphatic rings. The number of carbonyl (C=O) groups is 2. The van der Waals surface area contributed by atoms with Crippen molar-refractivity contribution in [2.24, 2.45) is 0 Å². The Bertz CT molecular complexity index is 693. The van der Waals surface area contributed by atoms with E-state index in [0.29, 0.717) is 36.8 Å². The van der Waals surface area contributed by atoms with Gasteiger partial charge in [-0.1, -0.05) is 6.07 Å². The van der Waals surface area contributed by atoms with Crippen molar-refractivity contribution < 1.29 is 9.59 Å². The van der Waals surface area contributed by atoms with Gasteiger partial charge in [0.05, 0.1) is 0 Å².